The summed E-state index contributed by atoms with van der Waals surface area (Å²) in [5.41, 5.74) is -0.857. The first-order chi connectivity index (χ1) is 10.1. The molecule has 0 fully saturated rings. The monoisotopic (exact) mass is 333 g/mol. The van der Waals surface area contributed by atoms with Crippen molar-refractivity contribution < 1.29 is 21.6 Å². The van der Waals surface area contributed by atoms with Crippen LogP contribution in [-0.2, 0) is 16.2 Å². The number of nitrogens with zero attached hydrogens (tertiary/aromatic N) is 2. The molecular weight excluding hydrogens is 319 g/mol. The minimum absolute atomic E-state index is 0.0176. The van der Waals surface area contributed by atoms with Crippen molar-refractivity contribution in [2.45, 2.75) is 31.1 Å². The second kappa shape index (κ2) is 5.73. The molecule has 0 radical (unpaired) electrons. The van der Waals surface area contributed by atoms with E-state index in [9.17, 15) is 21.6 Å². The number of hydrogen-bond donors (Lipinski definition) is 1. The maximum Gasteiger partial charge on any atom is 0.416 e. The fourth-order valence-electron chi connectivity index (χ4n) is 1.87. The van der Waals surface area contributed by atoms with Crippen molar-refractivity contribution in [2.24, 2.45) is 0 Å². The molecule has 9 heteroatoms. The summed E-state index contributed by atoms with van der Waals surface area (Å²) >= 11 is 0. The normalized spacial score (nSPS) is 12.8. The number of rotatable bonds is 4. The molecule has 0 aliphatic heterocycles. The van der Waals surface area contributed by atoms with Gasteiger partial charge in [0.2, 0.25) is 0 Å². The van der Waals surface area contributed by atoms with E-state index < -0.39 is 21.8 Å². The zero-order valence-electron chi connectivity index (χ0n) is 11.8. The SMILES string of the molecule is CC(C)NS(=O)(=O)c1ccnn1-c1cccc(C(F)(F)F)c1. The third kappa shape index (κ3) is 3.47. The number of alkyl halides is 3. The van der Waals surface area contributed by atoms with E-state index in [2.05, 4.69) is 9.82 Å². The molecule has 0 atom stereocenters. The molecule has 2 rings (SSSR count). The van der Waals surface area contributed by atoms with Crippen LogP contribution in [0.1, 0.15) is 19.4 Å². The van der Waals surface area contributed by atoms with Crippen molar-refractivity contribution >= 4 is 10.0 Å². The summed E-state index contributed by atoms with van der Waals surface area (Å²) in [6.07, 6.45) is -3.30. The van der Waals surface area contributed by atoms with Crippen molar-refractivity contribution in [3.8, 4) is 5.69 Å². The maximum absolute atomic E-state index is 12.8. The van der Waals surface area contributed by atoms with Gasteiger partial charge in [-0.25, -0.2) is 17.8 Å². The van der Waals surface area contributed by atoms with Crippen LogP contribution in [0.15, 0.2) is 41.6 Å². The standard InChI is InChI=1S/C13H14F3N3O2S/c1-9(2)18-22(20,21)12-6-7-17-19(12)11-5-3-4-10(8-11)13(14,15)16/h3-9,18H,1-2H3. The Bertz CT molecular complexity index is 767. The van der Waals surface area contributed by atoms with Crippen LogP contribution in [0.5, 0.6) is 0 Å². The van der Waals surface area contributed by atoms with Crippen LogP contribution in [0.4, 0.5) is 13.2 Å². The van der Waals surface area contributed by atoms with Gasteiger partial charge in [0.1, 0.15) is 0 Å². The van der Waals surface area contributed by atoms with Gasteiger partial charge in [-0.2, -0.15) is 18.3 Å². The van der Waals surface area contributed by atoms with Gasteiger partial charge in [0.05, 0.1) is 17.4 Å². The average molecular weight is 333 g/mol. The molecule has 1 aromatic carbocycles. The van der Waals surface area contributed by atoms with Gasteiger partial charge in [-0.05, 0) is 38.1 Å². The van der Waals surface area contributed by atoms with Gasteiger partial charge in [0.25, 0.3) is 10.0 Å². The first-order valence-corrected chi connectivity index (χ1v) is 7.83. The Balaban J connectivity index is 2.51. The van der Waals surface area contributed by atoms with E-state index >= 15 is 0 Å². The number of hydrogen-bond acceptors (Lipinski definition) is 3. The molecule has 0 bridgehead atoms. The van der Waals surface area contributed by atoms with E-state index in [1.165, 1.54) is 24.4 Å². The first-order valence-electron chi connectivity index (χ1n) is 6.35. The van der Waals surface area contributed by atoms with E-state index in [1.54, 1.807) is 13.8 Å². The molecule has 0 saturated carbocycles. The average Bonchev–Trinajstić information content (AvgIpc) is 2.86. The maximum atomic E-state index is 12.8. The Labute approximate surface area is 125 Å². The zero-order chi connectivity index (χ0) is 16.5. The zero-order valence-corrected chi connectivity index (χ0v) is 12.6. The molecule has 0 amide bonds. The van der Waals surface area contributed by atoms with Gasteiger partial charge in [-0.1, -0.05) is 6.07 Å². The van der Waals surface area contributed by atoms with E-state index in [-0.39, 0.29) is 16.8 Å². The van der Waals surface area contributed by atoms with Crippen molar-refractivity contribution in [1.82, 2.24) is 14.5 Å². The second-order valence-electron chi connectivity index (χ2n) is 4.91. The van der Waals surface area contributed by atoms with Gasteiger partial charge in [-0.3, -0.25) is 0 Å². The minimum Gasteiger partial charge on any atom is -0.221 e. The number of halogens is 3. The van der Waals surface area contributed by atoms with Crippen LogP contribution in [0.25, 0.3) is 5.69 Å². The highest BCUT2D eigenvalue weighted by molar-refractivity contribution is 7.89. The van der Waals surface area contributed by atoms with Crippen molar-refractivity contribution in [3.63, 3.8) is 0 Å². The molecule has 5 nitrogen and oxygen atoms in total. The molecule has 1 heterocycles. The summed E-state index contributed by atoms with van der Waals surface area (Å²) in [6.45, 7) is 3.28. The molecule has 0 aliphatic carbocycles. The van der Waals surface area contributed by atoms with Crippen LogP contribution in [0.3, 0.4) is 0 Å². The number of nitrogens with one attached hydrogen (secondary N) is 1. The van der Waals surface area contributed by atoms with Crippen LogP contribution in [-0.4, -0.2) is 24.2 Å². The third-order valence-corrected chi connectivity index (χ3v) is 4.33. The molecule has 2 aromatic rings. The van der Waals surface area contributed by atoms with Gasteiger partial charge in [0, 0.05) is 6.04 Å². The Kier molecular flexibility index (Phi) is 4.30. The van der Waals surface area contributed by atoms with Crippen LogP contribution in [0, 0.1) is 0 Å². The van der Waals surface area contributed by atoms with Gasteiger partial charge < -0.3 is 0 Å². The van der Waals surface area contributed by atoms with Gasteiger partial charge >= 0.3 is 6.18 Å². The fraction of sp³-hybridized carbons (Fsp3) is 0.308. The predicted molar refractivity (Wildman–Crippen MR) is 74.0 cm³/mol. The predicted octanol–water partition coefficient (Wildman–Crippen LogP) is 2.58. The lowest BCUT2D eigenvalue weighted by Gasteiger charge is -2.13. The molecule has 0 unspecified atom stereocenters. The number of sulfonamides is 1. The highest BCUT2D eigenvalue weighted by Gasteiger charge is 2.31. The molecular formula is C13H14F3N3O2S. The smallest absolute Gasteiger partial charge is 0.221 e. The highest BCUT2D eigenvalue weighted by Crippen LogP contribution is 2.30. The Morgan fingerprint density at radius 3 is 2.50 bits per heavy atom. The van der Waals surface area contributed by atoms with Crippen molar-refractivity contribution in [2.75, 3.05) is 0 Å². The summed E-state index contributed by atoms with van der Waals surface area (Å²) < 4.78 is 66.0. The van der Waals surface area contributed by atoms with E-state index in [0.717, 1.165) is 16.8 Å². The fourth-order valence-corrected chi connectivity index (χ4v) is 3.23. The Morgan fingerprint density at radius 2 is 1.91 bits per heavy atom. The lowest BCUT2D eigenvalue weighted by atomic mass is 10.2. The molecule has 0 saturated heterocycles. The molecule has 0 spiro atoms. The molecule has 22 heavy (non-hydrogen) atoms. The summed E-state index contributed by atoms with van der Waals surface area (Å²) in [6, 6.07) is 5.19. The van der Waals surface area contributed by atoms with E-state index in [0.29, 0.717) is 0 Å². The highest BCUT2D eigenvalue weighted by atomic mass is 32.2. The lowest BCUT2D eigenvalue weighted by molar-refractivity contribution is -0.137. The van der Waals surface area contributed by atoms with Gasteiger partial charge in [-0.15, -0.1) is 0 Å². The van der Waals surface area contributed by atoms with Crippen molar-refractivity contribution in [3.05, 3.63) is 42.1 Å². The minimum atomic E-state index is -4.52. The van der Waals surface area contributed by atoms with E-state index in [1.807, 2.05) is 0 Å². The summed E-state index contributed by atoms with van der Waals surface area (Å²) in [4.78, 5) is 0. The third-order valence-electron chi connectivity index (χ3n) is 2.69. The molecule has 120 valence electrons. The summed E-state index contributed by atoms with van der Waals surface area (Å²) in [5, 5.41) is 3.59. The quantitative estimate of drug-likeness (QED) is 0.935. The number of benzene rings is 1. The van der Waals surface area contributed by atoms with Crippen LogP contribution < -0.4 is 4.72 Å². The Morgan fingerprint density at radius 1 is 1.23 bits per heavy atom. The van der Waals surface area contributed by atoms with Crippen LogP contribution >= 0.6 is 0 Å². The molecule has 1 N–H and O–H groups in total. The van der Waals surface area contributed by atoms with Crippen LogP contribution in [0.2, 0.25) is 0 Å². The van der Waals surface area contributed by atoms with Crippen molar-refractivity contribution in [1.29, 1.82) is 0 Å². The second-order valence-corrected chi connectivity index (χ2v) is 6.57. The van der Waals surface area contributed by atoms with Gasteiger partial charge in [0.15, 0.2) is 5.03 Å². The van der Waals surface area contributed by atoms with E-state index in [4.69, 9.17) is 0 Å². The largest absolute Gasteiger partial charge is 0.416 e. The molecule has 0 aliphatic rings. The first kappa shape index (κ1) is 16.5. The number of aromatic nitrogens is 2. The Hall–Kier alpha value is -1.87. The summed E-state index contributed by atoms with van der Waals surface area (Å²) in [5.74, 6) is 0. The summed E-state index contributed by atoms with van der Waals surface area (Å²) in [7, 11) is -3.87. The molecule has 1 aromatic heterocycles. The lowest BCUT2D eigenvalue weighted by Crippen LogP contribution is -2.31. The topological polar surface area (TPSA) is 64.0 Å².